The predicted molar refractivity (Wildman–Crippen MR) is 78.2 cm³/mol. The summed E-state index contributed by atoms with van der Waals surface area (Å²) in [4.78, 5) is 1.14. The van der Waals surface area contributed by atoms with Gasteiger partial charge < -0.3 is 14.6 Å². The molecule has 1 rings (SSSR count). The molecule has 2 atom stereocenters. The minimum atomic E-state index is -0.460. The summed E-state index contributed by atoms with van der Waals surface area (Å²) in [5.41, 5.74) is 0. The first-order valence-electron chi connectivity index (χ1n) is 5.78. The van der Waals surface area contributed by atoms with E-state index in [9.17, 15) is 5.11 Å². The van der Waals surface area contributed by atoms with Gasteiger partial charge in [0, 0.05) is 22.2 Å². The quantitative estimate of drug-likeness (QED) is 0.742. The van der Waals surface area contributed by atoms with Crippen LogP contribution in [-0.4, -0.2) is 43.4 Å². The topological polar surface area (TPSA) is 38.7 Å². The van der Waals surface area contributed by atoms with E-state index in [1.54, 1.807) is 18.9 Å². The van der Waals surface area contributed by atoms with Gasteiger partial charge in [0.25, 0.3) is 0 Å². The number of thioether (sulfide) groups is 1. The number of aliphatic hydroxyl groups excluding tert-OH is 1. The number of ether oxygens (including phenoxy) is 2. The SMILES string of the molecule is COCC(C)OCC(O)CSc1ccc(Br)cc1. The van der Waals surface area contributed by atoms with Crippen molar-refractivity contribution in [2.45, 2.75) is 24.0 Å². The third kappa shape index (κ3) is 6.75. The molecule has 0 fully saturated rings. The smallest absolute Gasteiger partial charge is 0.0867 e. The van der Waals surface area contributed by atoms with Crippen molar-refractivity contribution in [2.75, 3.05) is 26.1 Å². The van der Waals surface area contributed by atoms with Gasteiger partial charge in [-0.1, -0.05) is 15.9 Å². The predicted octanol–water partition coefficient (Wildman–Crippen LogP) is 2.95. The monoisotopic (exact) mass is 334 g/mol. The van der Waals surface area contributed by atoms with Crippen LogP contribution >= 0.6 is 27.7 Å². The fraction of sp³-hybridized carbons (Fsp3) is 0.538. The normalized spacial score (nSPS) is 14.4. The molecule has 0 amide bonds. The standard InChI is InChI=1S/C13H19BrO3S/c1-10(7-16-2)17-8-12(15)9-18-13-5-3-11(14)4-6-13/h3-6,10,12,15H,7-9H2,1-2H3. The Morgan fingerprint density at radius 2 is 1.94 bits per heavy atom. The highest BCUT2D eigenvalue weighted by Crippen LogP contribution is 2.21. The van der Waals surface area contributed by atoms with Gasteiger partial charge in [0.15, 0.2) is 0 Å². The van der Waals surface area contributed by atoms with Gasteiger partial charge >= 0.3 is 0 Å². The summed E-state index contributed by atoms with van der Waals surface area (Å²) in [6.07, 6.45) is -0.444. The van der Waals surface area contributed by atoms with Crippen LogP contribution in [0.25, 0.3) is 0 Å². The number of hydrogen-bond donors (Lipinski definition) is 1. The zero-order valence-corrected chi connectivity index (χ0v) is 13.0. The summed E-state index contributed by atoms with van der Waals surface area (Å²) >= 11 is 5.01. The highest BCUT2D eigenvalue weighted by molar-refractivity contribution is 9.10. The summed E-state index contributed by atoms with van der Waals surface area (Å²) < 4.78 is 11.5. The number of aliphatic hydroxyl groups is 1. The van der Waals surface area contributed by atoms with Crippen molar-refractivity contribution in [3.63, 3.8) is 0 Å². The van der Waals surface area contributed by atoms with Gasteiger partial charge in [0.1, 0.15) is 0 Å². The van der Waals surface area contributed by atoms with Crippen molar-refractivity contribution in [1.29, 1.82) is 0 Å². The molecule has 102 valence electrons. The van der Waals surface area contributed by atoms with E-state index in [1.807, 2.05) is 31.2 Å². The molecule has 0 aliphatic heterocycles. The minimum Gasteiger partial charge on any atom is -0.390 e. The molecule has 0 spiro atoms. The van der Waals surface area contributed by atoms with E-state index in [0.717, 1.165) is 9.37 Å². The lowest BCUT2D eigenvalue weighted by molar-refractivity contribution is -0.0257. The van der Waals surface area contributed by atoms with Crippen molar-refractivity contribution >= 4 is 27.7 Å². The number of halogens is 1. The van der Waals surface area contributed by atoms with Crippen LogP contribution in [0.4, 0.5) is 0 Å². The van der Waals surface area contributed by atoms with Gasteiger partial charge in [-0.25, -0.2) is 0 Å². The van der Waals surface area contributed by atoms with Crippen LogP contribution in [0.15, 0.2) is 33.6 Å². The van der Waals surface area contributed by atoms with Gasteiger partial charge in [-0.15, -0.1) is 11.8 Å². The van der Waals surface area contributed by atoms with Crippen molar-refractivity contribution in [3.05, 3.63) is 28.7 Å². The zero-order chi connectivity index (χ0) is 13.4. The molecule has 0 saturated heterocycles. The fourth-order valence-electron chi connectivity index (χ4n) is 1.33. The van der Waals surface area contributed by atoms with Crippen LogP contribution in [0.1, 0.15) is 6.92 Å². The lowest BCUT2D eigenvalue weighted by Crippen LogP contribution is -2.24. The Morgan fingerprint density at radius 3 is 2.56 bits per heavy atom. The summed E-state index contributed by atoms with van der Waals surface area (Å²) in [7, 11) is 1.64. The highest BCUT2D eigenvalue weighted by atomic mass is 79.9. The van der Waals surface area contributed by atoms with E-state index in [0.29, 0.717) is 19.0 Å². The van der Waals surface area contributed by atoms with Gasteiger partial charge in [0.05, 0.1) is 25.4 Å². The van der Waals surface area contributed by atoms with Crippen LogP contribution in [0.5, 0.6) is 0 Å². The maximum absolute atomic E-state index is 9.79. The molecular weight excluding hydrogens is 316 g/mol. The van der Waals surface area contributed by atoms with E-state index in [-0.39, 0.29) is 6.10 Å². The van der Waals surface area contributed by atoms with E-state index in [1.165, 1.54) is 0 Å². The van der Waals surface area contributed by atoms with Crippen molar-refractivity contribution in [1.82, 2.24) is 0 Å². The summed E-state index contributed by atoms with van der Waals surface area (Å²) in [6.45, 7) is 2.82. The van der Waals surface area contributed by atoms with Crippen LogP contribution < -0.4 is 0 Å². The van der Waals surface area contributed by atoms with Gasteiger partial charge in [0.2, 0.25) is 0 Å². The Labute approximate surface area is 121 Å². The lowest BCUT2D eigenvalue weighted by atomic mass is 10.4. The van der Waals surface area contributed by atoms with Crippen LogP contribution in [0.2, 0.25) is 0 Å². The van der Waals surface area contributed by atoms with Crippen LogP contribution in [0, 0.1) is 0 Å². The summed E-state index contributed by atoms with van der Waals surface area (Å²) in [5, 5.41) is 9.79. The van der Waals surface area contributed by atoms with E-state index >= 15 is 0 Å². The lowest BCUT2D eigenvalue weighted by Gasteiger charge is -2.15. The first-order valence-corrected chi connectivity index (χ1v) is 7.56. The molecular formula is C13H19BrO3S. The molecule has 0 aliphatic rings. The number of rotatable bonds is 8. The third-order valence-corrected chi connectivity index (χ3v) is 3.92. The second-order valence-electron chi connectivity index (χ2n) is 4.02. The molecule has 5 heteroatoms. The second kappa shape index (κ2) is 8.93. The molecule has 1 aromatic rings. The third-order valence-electron chi connectivity index (χ3n) is 2.23. The van der Waals surface area contributed by atoms with Crippen LogP contribution in [0.3, 0.4) is 0 Å². The Hall–Kier alpha value is -0.0700. The maximum Gasteiger partial charge on any atom is 0.0867 e. The number of benzene rings is 1. The van der Waals surface area contributed by atoms with Crippen molar-refractivity contribution in [3.8, 4) is 0 Å². The van der Waals surface area contributed by atoms with Crippen molar-refractivity contribution < 1.29 is 14.6 Å². The highest BCUT2D eigenvalue weighted by Gasteiger charge is 2.08. The minimum absolute atomic E-state index is 0.0160. The summed E-state index contributed by atoms with van der Waals surface area (Å²) in [5.74, 6) is 0.626. The first kappa shape index (κ1) is 16.0. The molecule has 0 radical (unpaired) electrons. The molecule has 0 heterocycles. The Morgan fingerprint density at radius 1 is 1.28 bits per heavy atom. The average molecular weight is 335 g/mol. The Bertz CT molecular complexity index is 332. The zero-order valence-electron chi connectivity index (χ0n) is 10.6. The molecule has 0 saturated carbocycles. The van der Waals surface area contributed by atoms with E-state index < -0.39 is 6.10 Å². The number of methoxy groups -OCH3 is 1. The molecule has 3 nitrogen and oxygen atoms in total. The van der Waals surface area contributed by atoms with Crippen LogP contribution in [-0.2, 0) is 9.47 Å². The molecule has 1 N–H and O–H groups in total. The molecule has 0 aliphatic carbocycles. The van der Waals surface area contributed by atoms with Crippen molar-refractivity contribution in [2.24, 2.45) is 0 Å². The Kier molecular flexibility index (Phi) is 7.93. The molecule has 1 aromatic carbocycles. The fourth-order valence-corrected chi connectivity index (χ4v) is 2.40. The number of hydrogen-bond acceptors (Lipinski definition) is 4. The second-order valence-corrected chi connectivity index (χ2v) is 6.03. The van der Waals surface area contributed by atoms with E-state index in [4.69, 9.17) is 9.47 Å². The molecule has 0 bridgehead atoms. The molecule has 0 aromatic heterocycles. The van der Waals surface area contributed by atoms with E-state index in [2.05, 4.69) is 15.9 Å². The average Bonchev–Trinajstić information content (AvgIpc) is 2.36. The molecule has 18 heavy (non-hydrogen) atoms. The first-order chi connectivity index (χ1) is 8.61. The molecule has 2 unspecified atom stereocenters. The Balaban J connectivity index is 2.20. The maximum atomic E-state index is 9.79. The summed E-state index contributed by atoms with van der Waals surface area (Å²) in [6, 6.07) is 8.03. The van der Waals surface area contributed by atoms with Gasteiger partial charge in [-0.05, 0) is 31.2 Å². The van der Waals surface area contributed by atoms with Gasteiger partial charge in [-0.3, -0.25) is 0 Å². The largest absolute Gasteiger partial charge is 0.390 e. The van der Waals surface area contributed by atoms with Gasteiger partial charge in [-0.2, -0.15) is 0 Å².